The van der Waals surface area contributed by atoms with Crippen LogP contribution in [0.2, 0.25) is 10.0 Å². The summed E-state index contributed by atoms with van der Waals surface area (Å²) in [6.45, 7) is 6.51. The van der Waals surface area contributed by atoms with E-state index in [1.54, 1.807) is 17.9 Å². The lowest BCUT2D eigenvalue weighted by atomic mass is 9.65. The fourth-order valence-corrected chi connectivity index (χ4v) is 7.31. The minimum absolute atomic E-state index is 0.0240. The molecule has 2 amide bonds. The number of carbonyl (C=O) groups is 2. The van der Waals surface area contributed by atoms with Crippen molar-refractivity contribution in [2.75, 3.05) is 13.1 Å². The first-order valence-corrected chi connectivity index (χ1v) is 15.4. The van der Waals surface area contributed by atoms with E-state index in [2.05, 4.69) is 11.4 Å². The molecule has 0 saturated carbocycles. The third kappa shape index (κ3) is 5.69. The van der Waals surface area contributed by atoms with Crippen LogP contribution in [0, 0.1) is 29.9 Å². The van der Waals surface area contributed by atoms with E-state index in [9.17, 15) is 14.9 Å². The zero-order chi connectivity index (χ0) is 31.8. The average Bonchev–Trinajstić information content (AvgIpc) is 3.23. The Morgan fingerprint density at radius 1 is 1.07 bits per heavy atom. The fourth-order valence-electron chi connectivity index (χ4n) is 6.97. The second kappa shape index (κ2) is 12.8. The van der Waals surface area contributed by atoms with Gasteiger partial charge in [0.05, 0.1) is 17.1 Å². The molecule has 1 N–H and O–H groups in total. The quantitative estimate of drug-likeness (QED) is 0.333. The van der Waals surface area contributed by atoms with E-state index < -0.39 is 41.0 Å². The Morgan fingerprint density at radius 3 is 2.41 bits per heavy atom. The van der Waals surface area contributed by atoms with E-state index in [1.165, 1.54) is 31.2 Å². The van der Waals surface area contributed by atoms with Gasteiger partial charge in [0.15, 0.2) is 0 Å². The number of amides is 2. The van der Waals surface area contributed by atoms with Crippen LogP contribution in [0.1, 0.15) is 54.9 Å². The number of nitrogens with one attached hydrogen (secondary N) is 1. The Labute approximate surface area is 266 Å². The molecule has 10 heteroatoms. The molecule has 2 aliphatic heterocycles. The van der Waals surface area contributed by atoms with E-state index in [0.29, 0.717) is 25.9 Å². The molecule has 230 valence electrons. The van der Waals surface area contributed by atoms with Crippen LogP contribution in [0.3, 0.4) is 0 Å². The largest absolute Gasteiger partial charge is 0.352 e. The molecule has 0 radical (unpaired) electrons. The van der Waals surface area contributed by atoms with Gasteiger partial charge in [0, 0.05) is 55.1 Å². The van der Waals surface area contributed by atoms with E-state index in [-0.39, 0.29) is 39.7 Å². The molecule has 44 heavy (non-hydrogen) atoms. The van der Waals surface area contributed by atoms with Crippen molar-refractivity contribution in [1.82, 2.24) is 15.1 Å². The van der Waals surface area contributed by atoms with Gasteiger partial charge in [-0.25, -0.2) is 8.78 Å². The van der Waals surface area contributed by atoms with Gasteiger partial charge < -0.3 is 10.2 Å². The summed E-state index contributed by atoms with van der Waals surface area (Å²) in [5.41, 5.74) is 0.277. The Kier molecular flexibility index (Phi) is 9.31. The number of likely N-dealkylation sites (tertiary alicyclic amines) is 2. The molecular formula is C34H34Cl2F2N4O2. The van der Waals surface area contributed by atoms with Crippen LogP contribution in [0.15, 0.2) is 60.7 Å². The zero-order valence-electron chi connectivity index (χ0n) is 24.8. The van der Waals surface area contributed by atoms with Crippen molar-refractivity contribution in [3.63, 3.8) is 0 Å². The highest BCUT2D eigenvalue weighted by atomic mass is 35.5. The van der Waals surface area contributed by atoms with E-state index >= 15 is 8.78 Å². The molecule has 4 atom stereocenters. The lowest BCUT2D eigenvalue weighted by molar-refractivity contribution is -0.130. The van der Waals surface area contributed by atoms with Crippen LogP contribution in [-0.4, -0.2) is 52.8 Å². The average molecular weight is 640 g/mol. The summed E-state index contributed by atoms with van der Waals surface area (Å²) in [7, 11) is 0. The number of carbonyl (C=O) groups excluding carboxylic acids is 2. The van der Waals surface area contributed by atoms with Gasteiger partial charge in [-0.1, -0.05) is 65.7 Å². The van der Waals surface area contributed by atoms with Crippen LogP contribution >= 0.6 is 23.2 Å². The highest BCUT2D eigenvalue weighted by Gasteiger charge is 2.63. The SMILES string of the molecule is CC(=O)N1CCC(NC(=O)[C@H]2[C@H](c3cccc(Cl)c3F)[C@@](C#N)(c3ccc(Cl)cc3F)C(C)N2Cc2ccccc2C)CC1. The molecule has 2 fully saturated rings. The fraction of sp³-hybridized carbons (Fsp3) is 0.382. The predicted molar refractivity (Wildman–Crippen MR) is 166 cm³/mol. The number of hydrogen-bond acceptors (Lipinski definition) is 4. The minimum atomic E-state index is -1.71. The Hall–Kier alpha value is -3.51. The summed E-state index contributed by atoms with van der Waals surface area (Å²) in [6, 6.07) is 16.6. The van der Waals surface area contributed by atoms with Crippen molar-refractivity contribution in [3.8, 4) is 6.07 Å². The van der Waals surface area contributed by atoms with Crippen LogP contribution in [0.4, 0.5) is 8.78 Å². The molecule has 2 heterocycles. The number of rotatable bonds is 6. The van der Waals surface area contributed by atoms with Crippen molar-refractivity contribution in [3.05, 3.63) is 105 Å². The molecule has 5 rings (SSSR count). The number of aryl methyl sites for hydroxylation is 1. The van der Waals surface area contributed by atoms with Gasteiger partial charge in [0.2, 0.25) is 11.8 Å². The van der Waals surface area contributed by atoms with Crippen LogP contribution in [0.5, 0.6) is 0 Å². The van der Waals surface area contributed by atoms with Crippen LogP contribution < -0.4 is 5.32 Å². The van der Waals surface area contributed by atoms with Crippen LogP contribution in [0.25, 0.3) is 0 Å². The Balaban J connectivity index is 1.69. The summed E-state index contributed by atoms with van der Waals surface area (Å²) in [6.07, 6.45) is 1.10. The number of piperidine rings is 1. The topological polar surface area (TPSA) is 76.4 Å². The monoisotopic (exact) mass is 638 g/mol. The van der Waals surface area contributed by atoms with Gasteiger partial charge in [-0.3, -0.25) is 14.5 Å². The second-order valence-electron chi connectivity index (χ2n) is 11.7. The van der Waals surface area contributed by atoms with Crippen molar-refractivity contribution in [2.45, 2.75) is 69.6 Å². The normalized spacial score (nSPS) is 24.2. The first kappa shape index (κ1) is 31.9. The second-order valence-corrected chi connectivity index (χ2v) is 12.6. The first-order chi connectivity index (χ1) is 21.0. The van der Waals surface area contributed by atoms with Crippen LogP contribution in [-0.2, 0) is 21.5 Å². The molecule has 0 bridgehead atoms. The summed E-state index contributed by atoms with van der Waals surface area (Å²) in [5.74, 6) is -3.04. The van der Waals surface area contributed by atoms with Gasteiger partial charge in [-0.15, -0.1) is 0 Å². The molecule has 2 saturated heterocycles. The molecule has 0 spiro atoms. The smallest absolute Gasteiger partial charge is 0.238 e. The van der Waals surface area contributed by atoms with Crippen molar-refractivity contribution in [1.29, 1.82) is 5.26 Å². The molecule has 0 aromatic heterocycles. The van der Waals surface area contributed by atoms with Gasteiger partial charge in [0.1, 0.15) is 17.0 Å². The van der Waals surface area contributed by atoms with Gasteiger partial charge in [-0.2, -0.15) is 5.26 Å². The third-order valence-electron chi connectivity index (χ3n) is 9.37. The number of benzene rings is 3. The first-order valence-electron chi connectivity index (χ1n) is 14.7. The zero-order valence-corrected chi connectivity index (χ0v) is 26.3. The summed E-state index contributed by atoms with van der Waals surface area (Å²) in [5, 5.41) is 14.2. The maximum Gasteiger partial charge on any atom is 0.238 e. The molecule has 6 nitrogen and oxygen atoms in total. The maximum atomic E-state index is 16.0. The maximum absolute atomic E-state index is 16.0. The summed E-state index contributed by atoms with van der Waals surface area (Å²) < 4.78 is 31.9. The van der Waals surface area contributed by atoms with Crippen molar-refractivity contribution < 1.29 is 18.4 Å². The number of hydrogen-bond donors (Lipinski definition) is 1. The Morgan fingerprint density at radius 2 is 1.77 bits per heavy atom. The number of nitrogens with zero attached hydrogens (tertiary/aromatic N) is 3. The highest BCUT2D eigenvalue weighted by Crippen LogP contribution is 2.55. The van der Waals surface area contributed by atoms with Crippen molar-refractivity contribution in [2.24, 2.45) is 0 Å². The predicted octanol–water partition coefficient (Wildman–Crippen LogP) is 6.53. The van der Waals surface area contributed by atoms with Crippen molar-refractivity contribution >= 4 is 35.0 Å². The molecule has 2 aliphatic rings. The van der Waals surface area contributed by atoms with Gasteiger partial charge in [0.25, 0.3) is 0 Å². The standard InChI is InChI=1S/C34H34Cl2F2N4O2/c1-20-7-4-5-8-23(20)18-42-21(2)34(19-39,27-12-11-24(35)17-29(27)37)30(26-9-6-10-28(36)31(26)38)32(42)33(44)40-25-13-15-41(16-14-25)22(3)43/h4-12,17,21,25,30,32H,13-16,18H2,1-3H3,(H,40,44)/t21?,30-,32+,34+/m0/s1. The molecular weight excluding hydrogens is 605 g/mol. The third-order valence-corrected chi connectivity index (χ3v) is 9.89. The highest BCUT2D eigenvalue weighted by molar-refractivity contribution is 6.31. The lowest BCUT2D eigenvalue weighted by Crippen LogP contribution is -2.52. The molecule has 0 aliphatic carbocycles. The number of halogens is 4. The van der Waals surface area contributed by atoms with E-state index in [1.807, 2.05) is 36.1 Å². The van der Waals surface area contributed by atoms with Gasteiger partial charge >= 0.3 is 0 Å². The van der Waals surface area contributed by atoms with E-state index in [0.717, 1.165) is 17.2 Å². The summed E-state index contributed by atoms with van der Waals surface area (Å²) >= 11 is 12.4. The molecule has 3 aromatic rings. The number of nitriles is 1. The molecule has 1 unspecified atom stereocenters. The van der Waals surface area contributed by atoms with Gasteiger partial charge in [-0.05, 0) is 61.6 Å². The molecule has 3 aromatic carbocycles. The summed E-state index contributed by atoms with van der Waals surface area (Å²) in [4.78, 5) is 30.0. The minimum Gasteiger partial charge on any atom is -0.352 e. The van der Waals surface area contributed by atoms with E-state index in [4.69, 9.17) is 23.2 Å². The lowest BCUT2D eigenvalue weighted by Gasteiger charge is -2.35. The Bertz CT molecular complexity index is 1620.